The SMILES string of the molecule is c1ccc(-c2ccc3cccc(-c4c5ccccc5c(-c5ccccc5-n5c6ccccc6c6ccccc65)c5ccccc45)c3c2)cc1. The number of rotatable bonds is 4. The van der Waals surface area contributed by atoms with E-state index in [2.05, 4.69) is 193 Å². The third-order valence-corrected chi connectivity index (χ3v) is 10.2. The second kappa shape index (κ2) is 11.1. The average Bonchev–Trinajstić information content (AvgIpc) is 3.51. The standard InChI is InChI=1S/C48H31N/c1-2-15-32(16-3-1)34-30-29-33-17-14-25-41(43(33)31-34)47-37-20-4-6-22-39(37)48(40-23-7-5-21-38(40)47)42-24-10-13-28-46(42)49-44-26-11-8-18-35(44)36-19-9-12-27-45(36)49/h1-31H. The Labute approximate surface area is 284 Å². The number of hydrogen-bond donors (Lipinski definition) is 0. The first kappa shape index (κ1) is 27.7. The van der Waals surface area contributed by atoms with E-state index in [1.165, 1.54) is 93.2 Å². The van der Waals surface area contributed by atoms with Crippen molar-refractivity contribution in [2.24, 2.45) is 0 Å². The zero-order valence-electron chi connectivity index (χ0n) is 26.8. The van der Waals surface area contributed by atoms with Crippen molar-refractivity contribution in [2.75, 3.05) is 0 Å². The zero-order chi connectivity index (χ0) is 32.3. The molecule has 228 valence electrons. The highest BCUT2D eigenvalue weighted by molar-refractivity contribution is 6.24. The lowest BCUT2D eigenvalue weighted by molar-refractivity contribution is 1.18. The van der Waals surface area contributed by atoms with Crippen LogP contribution in [0.25, 0.3) is 93.2 Å². The molecular formula is C48H31N. The van der Waals surface area contributed by atoms with Crippen LogP contribution in [-0.4, -0.2) is 4.57 Å². The second-order valence-electron chi connectivity index (χ2n) is 12.8. The van der Waals surface area contributed by atoms with Gasteiger partial charge in [0.25, 0.3) is 0 Å². The first-order valence-electron chi connectivity index (χ1n) is 17.0. The lowest BCUT2D eigenvalue weighted by atomic mass is 9.84. The van der Waals surface area contributed by atoms with Gasteiger partial charge in [-0.3, -0.25) is 0 Å². The molecule has 10 rings (SSSR count). The van der Waals surface area contributed by atoms with Crippen molar-refractivity contribution in [3.8, 4) is 39.1 Å². The molecular weight excluding hydrogens is 591 g/mol. The van der Waals surface area contributed by atoms with Crippen LogP contribution in [0.1, 0.15) is 0 Å². The van der Waals surface area contributed by atoms with Crippen LogP contribution in [0.15, 0.2) is 188 Å². The topological polar surface area (TPSA) is 4.93 Å². The molecule has 1 heteroatoms. The molecule has 0 saturated carbocycles. The molecule has 0 spiro atoms. The highest BCUT2D eigenvalue weighted by atomic mass is 15.0. The number of benzene rings is 9. The summed E-state index contributed by atoms with van der Waals surface area (Å²) in [6.07, 6.45) is 0. The van der Waals surface area contributed by atoms with E-state index >= 15 is 0 Å². The number of hydrogen-bond acceptors (Lipinski definition) is 0. The van der Waals surface area contributed by atoms with Gasteiger partial charge in [-0.2, -0.15) is 0 Å². The maximum absolute atomic E-state index is 2.45. The van der Waals surface area contributed by atoms with Gasteiger partial charge in [-0.1, -0.05) is 164 Å². The van der Waals surface area contributed by atoms with E-state index in [0.717, 1.165) is 0 Å². The van der Waals surface area contributed by atoms with E-state index in [9.17, 15) is 0 Å². The monoisotopic (exact) mass is 621 g/mol. The third-order valence-electron chi connectivity index (χ3n) is 10.2. The molecule has 0 aliphatic heterocycles. The summed E-state index contributed by atoms with van der Waals surface area (Å²) in [5.74, 6) is 0. The van der Waals surface area contributed by atoms with Crippen molar-refractivity contribution in [2.45, 2.75) is 0 Å². The Morgan fingerprint density at radius 2 is 0.776 bits per heavy atom. The van der Waals surface area contributed by atoms with Gasteiger partial charge in [0.05, 0.1) is 16.7 Å². The highest BCUT2D eigenvalue weighted by Gasteiger charge is 2.21. The molecule has 9 aromatic carbocycles. The quantitative estimate of drug-likeness (QED) is 0.172. The lowest BCUT2D eigenvalue weighted by Gasteiger charge is -2.21. The Balaban J connectivity index is 1.31. The first-order valence-corrected chi connectivity index (χ1v) is 17.0. The molecule has 0 unspecified atom stereocenters. The Bertz CT molecular complexity index is 2760. The van der Waals surface area contributed by atoms with E-state index in [4.69, 9.17) is 0 Å². The van der Waals surface area contributed by atoms with Crippen molar-refractivity contribution in [1.29, 1.82) is 0 Å². The van der Waals surface area contributed by atoms with Gasteiger partial charge < -0.3 is 4.57 Å². The Morgan fingerprint density at radius 1 is 0.286 bits per heavy atom. The number of fused-ring (bicyclic) bond motifs is 6. The lowest BCUT2D eigenvalue weighted by Crippen LogP contribution is -1.98. The largest absolute Gasteiger partial charge is 0.309 e. The summed E-state index contributed by atoms with van der Waals surface area (Å²) in [6, 6.07) is 68.8. The third kappa shape index (κ3) is 4.26. The van der Waals surface area contributed by atoms with Gasteiger partial charge in [-0.15, -0.1) is 0 Å². The summed E-state index contributed by atoms with van der Waals surface area (Å²) in [5.41, 5.74) is 11.1. The number of aromatic nitrogens is 1. The maximum atomic E-state index is 2.45. The summed E-state index contributed by atoms with van der Waals surface area (Å²) in [7, 11) is 0. The molecule has 0 fully saturated rings. The average molecular weight is 622 g/mol. The molecule has 0 bridgehead atoms. The molecule has 0 radical (unpaired) electrons. The molecule has 0 aliphatic carbocycles. The van der Waals surface area contributed by atoms with Crippen LogP contribution in [0.5, 0.6) is 0 Å². The van der Waals surface area contributed by atoms with E-state index in [-0.39, 0.29) is 0 Å². The zero-order valence-corrected chi connectivity index (χ0v) is 26.8. The molecule has 1 nitrogen and oxygen atoms in total. The molecule has 1 heterocycles. The van der Waals surface area contributed by atoms with Crippen LogP contribution in [-0.2, 0) is 0 Å². The summed E-state index contributed by atoms with van der Waals surface area (Å²) < 4.78 is 2.45. The van der Waals surface area contributed by atoms with Gasteiger partial charge in [0.2, 0.25) is 0 Å². The maximum Gasteiger partial charge on any atom is 0.0541 e. The van der Waals surface area contributed by atoms with Crippen LogP contribution < -0.4 is 0 Å². The van der Waals surface area contributed by atoms with Gasteiger partial charge in [0.15, 0.2) is 0 Å². The molecule has 49 heavy (non-hydrogen) atoms. The molecule has 0 aliphatic rings. The molecule has 0 saturated heterocycles. The second-order valence-corrected chi connectivity index (χ2v) is 12.8. The van der Waals surface area contributed by atoms with Crippen LogP contribution in [0.3, 0.4) is 0 Å². The Morgan fingerprint density at radius 3 is 1.41 bits per heavy atom. The molecule has 1 aromatic heterocycles. The summed E-state index contributed by atoms with van der Waals surface area (Å²) >= 11 is 0. The van der Waals surface area contributed by atoms with E-state index in [1.807, 2.05) is 0 Å². The smallest absolute Gasteiger partial charge is 0.0541 e. The van der Waals surface area contributed by atoms with Crippen molar-refractivity contribution >= 4 is 54.1 Å². The number of para-hydroxylation sites is 3. The fourth-order valence-electron chi connectivity index (χ4n) is 8.07. The molecule has 0 amide bonds. The minimum Gasteiger partial charge on any atom is -0.309 e. The minimum absolute atomic E-state index is 1.18. The molecule has 0 N–H and O–H groups in total. The fraction of sp³-hybridized carbons (Fsp3) is 0. The summed E-state index contributed by atoms with van der Waals surface area (Å²) in [6.45, 7) is 0. The number of nitrogens with zero attached hydrogens (tertiary/aromatic N) is 1. The van der Waals surface area contributed by atoms with Gasteiger partial charge >= 0.3 is 0 Å². The summed E-state index contributed by atoms with van der Waals surface area (Å²) in [5, 5.41) is 10.1. The fourth-order valence-corrected chi connectivity index (χ4v) is 8.07. The van der Waals surface area contributed by atoms with Crippen LogP contribution in [0.4, 0.5) is 0 Å². The van der Waals surface area contributed by atoms with Gasteiger partial charge in [0.1, 0.15) is 0 Å². The normalized spacial score (nSPS) is 11.7. The predicted octanol–water partition coefficient (Wildman–Crippen LogP) is 13.2. The van der Waals surface area contributed by atoms with Crippen molar-refractivity contribution < 1.29 is 0 Å². The summed E-state index contributed by atoms with van der Waals surface area (Å²) in [4.78, 5) is 0. The van der Waals surface area contributed by atoms with Gasteiger partial charge in [-0.25, -0.2) is 0 Å². The molecule has 0 atom stereocenters. The van der Waals surface area contributed by atoms with Crippen LogP contribution >= 0.6 is 0 Å². The Hall–Kier alpha value is -6.44. The predicted molar refractivity (Wildman–Crippen MR) is 210 cm³/mol. The van der Waals surface area contributed by atoms with Crippen molar-refractivity contribution in [3.05, 3.63) is 188 Å². The van der Waals surface area contributed by atoms with E-state index < -0.39 is 0 Å². The molecule has 10 aromatic rings. The van der Waals surface area contributed by atoms with E-state index in [1.54, 1.807) is 0 Å². The van der Waals surface area contributed by atoms with Crippen molar-refractivity contribution in [3.63, 3.8) is 0 Å². The van der Waals surface area contributed by atoms with Gasteiger partial charge in [-0.05, 0) is 84.4 Å². The van der Waals surface area contributed by atoms with E-state index in [0.29, 0.717) is 0 Å². The van der Waals surface area contributed by atoms with Gasteiger partial charge in [0, 0.05) is 16.3 Å². The minimum atomic E-state index is 1.18. The van der Waals surface area contributed by atoms with Crippen LogP contribution in [0, 0.1) is 0 Å². The first-order chi connectivity index (χ1) is 24.3. The Kier molecular flexibility index (Phi) is 6.25. The van der Waals surface area contributed by atoms with Crippen LogP contribution in [0.2, 0.25) is 0 Å². The van der Waals surface area contributed by atoms with Crippen molar-refractivity contribution in [1.82, 2.24) is 4.57 Å². The highest BCUT2D eigenvalue weighted by Crippen LogP contribution is 2.47.